The summed E-state index contributed by atoms with van der Waals surface area (Å²) in [6.45, 7) is 3.88. The summed E-state index contributed by atoms with van der Waals surface area (Å²) in [5.41, 5.74) is 2.09. The first-order valence-corrected chi connectivity index (χ1v) is 16.1. The average molecular weight is 715 g/mol. The summed E-state index contributed by atoms with van der Waals surface area (Å²) >= 11 is 2.16. The number of phenolic OH excluding ortho intramolecular Hbond substituents is 1. The van der Waals surface area contributed by atoms with E-state index in [0.29, 0.717) is 48.6 Å². The van der Waals surface area contributed by atoms with E-state index >= 15 is 0 Å². The Morgan fingerprint density at radius 3 is 2.52 bits per heavy atom. The maximum absolute atomic E-state index is 14.1. The van der Waals surface area contributed by atoms with E-state index in [0.717, 1.165) is 31.2 Å². The van der Waals surface area contributed by atoms with Crippen LogP contribution in [0.5, 0.6) is 11.6 Å². The van der Waals surface area contributed by atoms with E-state index in [-0.39, 0.29) is 43.1 Å². The van der Waals surface area contributed by atoms with E-state index in [1.54, 1.807) is 41.6 Å². The number of nitrogens with zero attached hydrogens (tertiary/aromatic N) is 4. The fourth-order valence-corrected chi connectivity index (χ4v) is 6.12. The molecule has 1 aliphatic heterocycles. The Hall–Kier alpha value is -3.45. The first-order chi connectivity index (χ1) is 21.1. The maximum Gasteiger partial charge on any atom is 0.303 e. The Balaban J connectivity index is 1.25. The molecule has 5 rings (SSSR count). The van der Waals surface area contributed by atoms with Crippen LogP contribution >= 0.6 is 22.6 Å². The summed E-state index contributed by atoms with van der Waals surface area (Å²) in [5, 5.41) is 29.7. The first-order valence-electron chi connectivity index (χ1n) is 15.0. The van der Waals surface area contributed by atoms with Gasteiger partial charge in [-0.2, -0.15) is 0 Å². The zero-order chi connectivity index (χ0) is 31.3. The van der Waals surface area contributed by atoms with Crippen LogP contribution in [0, 0.1) is 11.8 Å². The zero-order valence-electron chi connectivity index (χ0n) is 24.8. The topological polar surface area (TPSA) is 136 Å². The molecule has 1 saturated carbocycles. The van der Waals surface area contributed by atoms with E-state index in [1.807, 2.05) is 25.1 Å². The number of hydrogen-bond donors (Lipinski definition) is 3. The molecule has 2 aliphatic rings. The summed E-state index contributed by atoms with van der Waals surface area (Å²) in [7, 11) is 0. The van der Waals surface area contributed by atoms with Crippen molar-refractivity contribution in [2.45, 2.75) is 48.4 Å². The minimum atomic E-state index is -0.789. The highest BCUT2D eigenvalue weighted by Gasteiger charge is 2.34. The minimum absolute atomic E-state index is 0.0110. The van der Waals surface area contributed by atoms with E-state index in [4.69, 9.17) is 4.74 Å². The number of amides is 1. The van der Waals surface area contributed by atoms with Gasteiger partial charge in [0.2, 0.25) is 5.88 Å². The normalized spacial score (nSPS) is 17.5. The van der Waals surface area contributed by atoms with Crippen molar-refractivity contribution in [1.29, 1.82) is 0 Å². The fraction of sp³-hybridized carbons (Fsp3) is 0.455. The van der Waals surface area contributed by atoms with Gasteiger partial charge in [-0.05, 0) is 86.3 Å². The number of piperidine rings is 1. The number of anilines is 2. The standard InChI is InChI=1S/C33H39IN4O6/c1-33(34,21-39)20-38(29-4-2-3-12-35-29)32(43)26-8-7-25(40)17-28(26)37-14-10-22(11-15-37)19-44-30-16-24(9-13-36-30)27(18-31(41)42)23-5-6-23/h2-4,7-9,12-13,16-17,22-23,27,39-40H,5-6,10-11,14-15,18-21H2,1H3,(H,41,42). The molecule has 44 heavy (non-hydrogen) atoms. The molecule has 1 aliphatic carbocycles. The number of aliphatic carboxylic acids is 1. The summed E-state index contributed by atoms with van der Waals surface area (Å²) < 4.78 is 5.52. The van der Waals surface area contributed by atoms with Crippen molar-refractivity contribution in [3.8, 4) is 11.6 Å². The highest BCUT2D eigenvalue weighted by Crippen LogP contribution is 2.45. The van der Waals surface area contributed by atoms with Crippen molar-refractivity contribution in [1.82, 2.24) is 9.97 Å². The SMILES string of the molecule is CC(I)(CO)CN(C(=O)c1ccc(O)cc1N1CCC(COc2cc(C(CC(=O)O)C3CC3)ccn2)CC1)c1ccccn1. The van der Waals surface area contributed by atoms with Crippen molar-refractivity contribution < 1.29 is 29.6 Å². The number of pyridine rings is 2. The van der Waals surface area contributed by atoms with E-state index < -0.39 is 9.39 Å². The van der Waals surface area contributed by atoms with Gasteiger partial charge in [-0.1, -0.05) is 28.7 Å². The molecule has 3 heterocycles. The molecule has 11 heteroatoms. The number of aromatic nitrogens is 2. The molecule has 0 spiro atoms. The van der Waals surface area contributed by atoms with Crippen molar-refractivity contribution in [3.63, 3.8) is 0 Å². The Morgan fingerprint density at radius 2 is 1.86 bits per heavy atom. The highest BCUT2D eigenvalue weighted by atomic mass is 127. The molecule has 0 radical (unpaired) electrons. The molecule has 10 nitrogen and oxygen atoms in total. The van der Waals surface area contributed by atoms with Gasteiger partial charge in [-0.25, -0.2) is 9.97 Å². The van der Waals surface area contributed by atoms with E-state index in [2.05, 4.69) is 37.5 Å². The lowest BCUT2D eigenvalue weighted by molar-refractivity contribution is -0.137. The predicted octanol–water partition coefficient (Wildman–Crippen LogP) is 5.28. The van der Waals surface area contributed by atoms with Crippen LogP contribution in [0.15, 0.2) is 60.9 Å². The number of hydrogen-bond acceptors (Lipinski definition) is 8. The van der Waals surface area contributed by atoms with Crippen LogP contribution in [0.2, 0.25) is 0 Å². The summed E-state index contributed by atoms with van der Waals surface area (Å²) in [4.78, 5) is 38.0. The second-order valence-corrected chi connectivity index (χ2v) is 14.7. The largest absolute Gasteiger partial charge is 0.508 e. The number of aliphatic hydroxyl groups excluding tert-OH is 1. The van der Waals surface area contributed by atoms with Gasteiger partial charge in [0, 0.05) is 44.2 Å². The fourth-order valence-electron chi connectivity index (χ4n) is 5.78. The van der Waals surface area contributed by atoms with Crippen LogP contribution in [0.3, 0.4) is 0 Å². The number of rotatable bonds is 13. The second-order valence-electron chi connectivity index (χ2n) is 12.1. The van der Waals surface area contributed by atoms with Crippen molar-refractivity contribution in [2.75, 3.05) is 42.6 Å². The maximum atomic E-state index is 14.1. The molecule has 2 aromatic heterocycles. The van der Waals surface area contributed by atoms with Gasteiger partial charge in [0.1, 0.15) is 11.6 Å². The number of aliphatic hydroxyl groups is 1. The Kier molecular flexibility index (Phi) is 10.2. The molecule has 1 aromatic carbocycles. The molecule has 3 N–H and O–H groups in total. The number of ether oxygens (including phenoxy) is 1. The van der Waals surface area contributed by atoms with Crippen molar-refractivity contribution >= 4 is 46.0 Å². The lowest BCUT2D eigenvalue weighted by Gasteiger charge is -2.35. The third-order valence-corrected chi connectivity index (χ3v) is 9.08. The number of benzene rings is 1. The quantitative estimate of drug-likeness (QED) is 0.160. The number of phenols is 1. The molecule has 0 bridgehead atoms. The van der Waals surface area contributed by atoms with Gasteiger partial charge in [0.05, 0.1) is 34.3 Å². The lowest BCUT2D eigenvalue weighted by Crippen LogP contribution is -2.44. The van der Waals surface area contributed by atoms with Crippen LogP contribution in [-0.2, 0) is 4.79 Å². The Labute approximate surface area is 271 Å². The number of carbonyl (C=O) groups excluding carboxylic acids is 1. The molecule has 2 atom stereocenters. The molecule has 1 amide bonds. The van der Waals surface area contributed by atoms with Crippen molar-refractivity contribution in [3.05, 3.63) is 72.1 Å². The number of aromatic hydroxyl groups is 1. The Morgan fingerprint density at radius 1 is 1.09 bits per heavy atom. The predicted molar refractivity (Wildman–Crippen MR) is 176 cm³/mol. The smallest absolute Gasteiger partial charge is 0.303 e. The number of carboxylic acids is 1. The summed E-state index contributed by atoms with van der Waals surface area (Å²) in [6.07, 6.45) is 7.22. The van der Waals surface area contributed by atoms with Crippen LogP contribution < -0.4 is 14.5 Å². The third kappa shape index (κ3) is 8.17. The van der Waals surface area contributed by atoms with Gasteiger partial charge < -0.3 is 25.0 Å². The van der Waals surface area contributed by atoms with E-state index in [9.17, 15) is 24.9 Å². The summed E-state index contributed by atoms with van der Waals surface area (Å²) in [6, 6.07) is 14.0. The van der Waals surface area contributed by atoms with Crippen LogP contribution in [0.25, 0.3) is 0 Å². The molecular formula is C33H39IN4O6. The molecular weight excluding hydrogens is 675 g/mol. The number of halogens is 1. The number of carboxylic acid groups (broad SMARTS) is 1. The molecule has 2 fully saturated rings. The monoisotopic (exact) mass is 714 g/mol. The Bertz CT molecular complexity index is 1440. The average Bonchev–Trinajstić information content (AvgIpc) is 3.87. The van der Waals surface area contributed by atoms with Gasteiger partial charge in [0.25, 0.3) is 5.91 Å². The number of carbonyl (C=O) groups is 2. The lowest BCUT2D eigenvalue weighted by atomic mass is 9.92. The van der Waals surface area contributed by atoms with Crippen LogP contribution in [0.4, 0.5) is 11.5 Å². The van der Waals surface area contributed by atoms with Gasteiger partial charge >= 0.3 is 5.97 Å². The van der Waals surface area contributed by atoms with E-state index in [1.165, 1.54) is 6.07 Å². The van der Waals surface area contributed by atoms with Gasteiger partial charge in [-0.3, -0.25) is 14.5 Å². The molecule has 2 unspecified atom stereocenters. The van der Waals surface area contributed by atoms with Crippen molar-refractivity contribution in [2.24, 2.45) is 11.8 Å². The number of alkyl halides is 1. The van der Waals surface area contributed by atoms with Crippen LogP contribution in [-0.4, -0.2) is 73.4 Å². The van der Waals surface area contributed by atoms with Gasteiger partial charge in [0.15, 0.2) is 0 Å². The first kappa shape index (κ1) is 32.0. The molecule has 3 aromatic rings. The minimum Gasteiger partial charge on any atom is -0.508 e. The summed E-state index contributed by atoms with van der Waals surface area (Å²) in [5.74, 6) is 0.732. The highest BCUT2D eigenvalue weighted by molar-refractivity contribution is 14.1. The molecule has 1 saturated heterocycles. The van der Waals surface area contributed by atoms with Crippen LogP contribution in [0.1, 0.15) is 60.9 Å². The second kappa shape index (κ2) is 14.1. The molecule has 234 valence electrons. The van der Waals surface area contributed by atoms with Gasteiger partial charge in [-0.15, -0.1) is 0 Å². The zero-order valence-corrected chi connectivity index (χ0v) is 27.0. The third-order valence-electron chi connectivity index (χ3n) is 8.39.